The predicted molar refractivity (Wildman–Crippen MR) is 82.9 cm³/mol. The van der Waals surface area contributed by atoms with Gasteiger partial charge in [0.1, 0.15) is 0 Å². The van der Waals surface area contributed by atoms with Gasteiger partial charge in [-0.2, -0.15) is 0 Å². The lowest BCUT2D eigenvalue weighted by Gasteiger charge is -2.12. The van der Waals surface area contributed by atoms with E-state index in [1.54, 1.807) is 11.3 Å². The van der Waals surface area contributed by atoms with Crippen LogP contribution in [0.2, 0.25) is 5.02 Å². The van der Waals surface area contributed by atoms with Crippen molar-refractivity contribution < 1.29 is 0 Å². The highest BCUT2D eigenvalue weighted by molar-refractivity contribution is 7.19. The van der Waals surface area contributed by atoms with E-state index in [-0.39, 0.29) is 6.04 Å². The highest BCUT2D eigenvalue weighted by Crippen LogP contribution is 2.35. The van der Waals surface area contributed by atoms with Crippen LogP contribution in [0.3, 0.4) is 0 Å². The number of nitrogens with two attached hydrogens (primary N) is 1. The maximum Gasteiger partial charge on any atom is 0.151 e. The lowest BCUT2D eigenvalue weighted by molar-refractivity contribution is 0.625. The van der Waals surface area contributed by atoms with Crippen molar-refractivity contribution in [1.29, 1.82) is 0 Å². The van der Waals surface area contributed by atoms with Gasteiger partial charge in [-0.1, -0.05) is 17.7 Å². The first kappa shape index (κ1) is 12.5. The van der Waals surface area contributed by atoms with Crippen LogP contribution < -0.4 is 5.73 Å². The Hall–Kier alpha value is -1.52. The summed E-state index contributed by atoms with van der Waals surface area (Å²) in [7, 11) is 0. The van der Waals surface area contributed by atoms with E-state index in [0.29, 0.717) is 0 Å². The normalized spacial score (nSPS) is 11.6. The number of para-hydroxylation sites is 1. The molecule has 2 N–H and O–H groups in total. The Morgan fingerprint density at radius 1 is 1.26 bits per heavy atom. The molecule has 0 radical (unpaired) electrons. The first-order chi connectivity index (χ1) is 9.08. The van der Waals surface area contributed by atoms with Gasteiger partial charge in [0.2, 0.25) is 0 Å². The molecule has 19 heavy (non-hydrogen) atoms. The first-order valence-corrected chi connectivity index (χ1v) is 7.29. The van der Waals surface area contributed by atoms with Gasteiger partial charge in [0, 0.05) is 6.04 Å². The summed E-state index contributed by atoms with van der Waals surface area (Å²) in [4.78, 5) is 5.78. The molecule has 0 unspecified atom stereocenters. The highest BCUT2D eigenvalue weighted by Gasteiger charge is 2.17. The summed E-state index contributed by atoms with van der Waals surface area (Å²) in [5, 5.41) is 1.53. The summed E-state index contributed by atoms with van der Waals surface area (Å²) in [6.45, 7) is 4.26. The van der Waals surface area contributed by atoms with Crippen LogP contribution in [0.1, 0.15) is 19.9 Å². The molecule has 0 saturated carbocycles. The molecule has 98 valence electrons. The summed E-state index contributed by atoms with van der Waals surface area (Å²) in [5.74, 6) is 0.930. The Bertz CT molecular complexity index is 742. The van der Waals surface area contributed by atoms with Crippen molar-refractivity contribution in [2.45, 2.75) is 19.9 Å². The fraction of sp³-hybridized carbons (Fsp3) is 0.214. The van der Waals surface area contributed by atoms with Gasteiger partial charge in [0.25, 0.3) is 0 Å². The third-order valence-corrected chi connectivity index (χ3v) is 4.24. The van der Waals surface area contributed by atoms with Gasteiger partial charge in [-0.3, -0.25) is 0 Å². The Morgan fingerprint density at radius 3 is 2.68 bits per heavy atom. The quantitative estimate of drug-likeness (QED) is 0.751. The minimum atomic E-state index is 0.281. The van der Waals surface area contributed by atoms with Crippen LogP contribution in [0.15, 0.2) is 30.3 Å². The van der Waals surface area contributed by atoms with Crippen molar-refractivity contribution in [2.24, 2.45) is 0 Å². The molecule has 0 fully saturated rings. The molecule has 0 bridgehead atoms. The average Bonchev–Trinajstić information content (AvgIpc) is 2.92. The van der Waals surface area contributed by atoms with E-state index >= 15 is 0 Å². The Kier molecular flexibility index (Phi) is 2.99. The minimum absolute atomic E-state index is 0.281. The molecule has 1 aromatic carbocycles. The topological polar surface area (TPSA) is 43.8 Å². The van der Waals surface area contributed by atoms with Crippen LogP contribution in [0.5, 0.6) is 0 Å². The number of nitrogens with zero attached hydrogens (tertiary/aromatic N) is 2. The van der Waals surface area contributed by atoms with Crippen molar-refractivity contribution in [3.05, 3.63) is 35.4 Å². The van der Waals surface area contributed by atoms with E-state index in [1.807, 2.05) is 30.3 Å². The van der Waals surface area contributed by atoms with E-state index in [1.165, 1.54) is 0 Å². The third kappa shape index (κ3) is 2.01. The van der Waals surface area contributed by atoms with Crippen molar-refractivity contribution in [3.8, 4) is 10.7 Å². The molecule has 0 saturated heterocycles. The number of anilines is 1. The monoisotopic (exact) mass is 291 g/mol. The molecule has 0 spiro atoms. The van der Waals surface area contributed by atoms with Crippen LogP contribution in [0.25, 0.3) is 21.7 Å². The maximum absolute atomic E-state index is 6.33. The zero-order valence-corrected chi connectivity index (χ0v) is 12.3. The van der Waals surface area contributed by atoms with Crippen LogP contribution >= 0.6 is 22.9 Å². The van der Waals surface area contributed by atoms with Crippen LogP contribution in [-0.2, 0) is 0 Å². The van der Waals surface area contributed by atoms with Crippen LogP contribution in [0.4, 0.5) is 5.00 Å². The number of halogens is 1. The maximum atomic E-state index is 6.33. The largest absolute Gasteiger partial charge is 0.391 e. The zero-order valence-electron chi connectivity index (χ0n) is 10.7. The fourth-order valence-corrected chi connectivity index (χ4v) is 3.28. The summed E-state index contributed by atoms with van der Waals surface area (Å²) >= 11 is 7.88. The summed E-state index contributed by atoms with van der Waals surface area (Å²) < 4.78 is 2.17. The van der Waals surface area contributed by atoms with Crippen molar-refractivity contribution in [2.75, 3.05) is 5.73 Å². The smallest absolute Gasteiger partial charge is 0.151 e. The van der Waals surface area contributed by atoms with Crippen LogP contribution in [-0.4, -0.2) is 9.55 Å². The standard InChI is InChI=1S/C14H14ClN3S/c1-8(2)18-13-9(15)4-3-5-10(13)17-14(18)11-6-7-12(16)19-11/h3-8H,16H2,1-2H3. The van der Waals surface area contributed by atoms with E-state index < -0.39 is 0 Å². The fourth-order valence-electron chi connectivity index (χ4n) is 2.26. The van der Waals surface area contributed by atoms with Gasteiger partial charge < -0.3 is 10.3 Å². The molecular formula is C14H14ClN3S. The highest BCUT2D eigenvalue weighted by atomic mass is 35.5. The molecule has 0 aliphatic carbocycles. The summed E-state index contributed by atoms with van der Waals surface area (Å²) in [5.41, 5.74) is 7.73. The zero-order chi connectivity index (χ0) is 13.6. The molecule has 3 aromatic rings. The predicted octanol–water partition coefficient (Wildman–Crippen LogP) is 4.58. The molecule has 0 atom stereocenters. The number of hydrogen-bond donors (Lipinski definition) is 1. The molecule has 2 heterocycles. The van der Waals surface area contributed by atoms with E-state index in [2.05, 4.69) is 18.4 Å². The summed E-state index contributed by atoms with van der Waals surface area (Å²) in [6.07, 6.45) is 0. The van der Waals surface area contributed by atoms with E-state index in [0.717, 1.165) is 31.8 Å². The first-order valence-electron chi connectivity index (χ1n) is 6.10. The van der Waals surface area contributed by atoms with Crippen LogP contribution in [0, 0.1) is 0 Å². The molecule has 5 heteroatoms. The van der Waals surface area contributed by atoms with Gasteiger partial charge in [-0.25, -0.2) is 4.98 Å². The number of fused-ring (bicyclic) bond motifs is 1. The average molecular weight is 292 g/mol. The molecule has 3 nitrogen and oxygen atoms in total. The Balaban J connectivity index is 2.36. The van der Waals surface area contributed by atoms with Crippen molar-refractivity contribution in [1.82, 2.24) is 9.55 Å². The van der Waals surface area contributed by atoms with E-state index in [4.69, 9.17) is 22.3 Å². The number of thiophene rings is 1. The van der Waals surface area contributed by atoms with Gasteiger partial charge >= 0.3 is 0 Å². The summed E-state index contributed by atoms with van der Waals surface area (Å²) in [6, 6.07) is 10.0. The Morgan fingerprint density at radius 2 is 2.05 bits per heavy atom. The van der Waals surface area contributed by atoms with Crippen molar-refractivity contribution in [3.63, 3.8) is 0 Å². The number of aromatic nitrogens is 2. The molecule has 0 aliphatic heterocycles. The number of imidazole rings is 1. The second-order valence-electron chi connectivity index (χ2n) is 4.71. The molecular weight excluding hydrogens is 278 g/mol. The molecule has 2 aromatic heterocycles. The van der Waals surface area contributed by atoms with Gasteiger partial charge in [-0.05, 0) is 38.1 Å². The number of hydrogen-bond acceptors (Lipinski definition) is 3. The molecule has 0 amide bonds. The third-order valence-electron chi connectivity index (χ3n) is 3.02. The second kappa shape index (κ2) is 4.54. The minimum Gasteiger partial charge on any atom is -0.391 e. The Labute approximate surface area is 120 Å². The number of benzene rings is 1. The van der Waals surface area contributed by atoms with Gasteiger partial charge in [0.05, 0.1) is 25.9 Å². The molecule has 3 rings (SSSR count). The SMILES string of the molecule is CC(C)n1c(-c2ccc(N)s2)nc2cccc(Cl)c21. The van der Waals surface area contributed by atoms with Gasteiger partial charge in [-0.15, -0.1) is 11.3 Å². The lowest BCUT2D eigenvalue weighted by Crippen LogP contribution is -2.02. The number of rotatable bonds is 2. The van der Waals surface area contributed by atoms with Gasteiger partial charge in [0.15, 0.2) is 5.82 Å². The van der Waals surface area contributed by atoms with E-state index in [9.17, 15) is 0 Å². The number of nitrogen functional groups attached to an aromatic ring is 1. The van der Waals surface area contributed by atoms with Crippen molar-refractivity contribution >= 4 is 39.0 Å². The second-order valence-corrected chi connectivity index (χ2v) is 6.23. The lowest BCUT2D eigenvalue weighted by atomic mass is 10.3. The molecule has 0 aliphatic rings.